The van der Waals surface area contributed by atoms with Gasteiger partial charge in [0, 0.05) is 6.20 Å². The molecule has 0 radical (unpaired) electrons. The summed E-state index contributed by atoms with van der Waals surface area (Å²) in [7, 11) is 0. The number of aromatic nitrogens is 1. The minimum Gasteiger partial charge on any atom is -0.501 e. The molecule has 0 aromatic carbocycles. The van der Waals surface area contributed by atoms with Crippen LogP contribution in [0.3, 0.4) is 0 Å². The molecule has 0 aliphatic carbocycles. The van der Waals surface area contributed by atoms with E-state index in [0.717, 1.165) is 5.69 Å². The topological polar surface area (TPSA) is 51.2 Å². The number of rotatable bonds is 2. The van der Waals surface area contributed by atoms with Gasteiger partial charge in [0.15, 0.2) is 0 Å². The molecule has 1 aromatic heterocycles. The molecule has 1 aliphatic rings. The second-order valence-electron chi connectivity index (χ2n) is 2.84. The zero-order valence-electron chi connectivity index (χ0n) is 7.78. The third-order valence-corrected chi connectivity index (χ3v) is 1.92. The fourth-order valence-electron chi connectivity index (χ4n) is 1.29. The number of nitrogens with one attached hydrogen (secondary N) is 1. The molecule has 1 aromatic rings. The standard InChI is InChI=1S/C10H10N2O2/c1-2-14-6-7-9-8(12-10(7)13)4-3-5-11-9/h3-6H,2H2,1H3,(H,12,13). The van der Waals surface area contributed by atoms with Gasteiger partial charge in [-0.05, 0) is 19.1 Å². The zero-order chi connectivity index (χ0) is 9.97. The molecule has 0 saturated carbocycles. The van der Waals surface area contributed by atoms with E-state index in [9.17, 15) is 4.79 Å². The largest absolute Gasteiger partial charge is 0.501 e. The van der Waals surface area contributed by atoms with Crippen LogP contribution in [0.1, 0.15) is 12.6 Å². The van der Waals surface area contributed by atoms with Crippen LogP contribution in [0.25, 0.3) is 5.57 Å². The predicted molar refractivity (Wildman–Crippen MR) is 52.5 cm³/mol. The van der Waals surface area contributed by atoms with Crippen molar-refractivity contribution in [3.05, 3.63) is 30.3 Å². The first kappa shape index (κ1) is 8.74. The van der Waals surface area contributed by atoms with E-state index in [2.05, 4.69) is 10.3 Å². The summed E-state index contributed by atoms with van der Waals surface area (Å²) in [5.74, 6) is -0.160. The Balaban J connectivity index is 2.39. The number of anilines is 1. The van der Waals surface area contributed by atoms with Gasteiger partial charge in [0.1, 0.15) is 11.3 Å². The van der Waals surface area contributed by atoms with Gasteiger partial charge in [0.05, 0.1) is 18.6 Å². The molecule has 2 heterocycles. The summed E-state index contributed by atoms with van der Waals surface area (Å²) < 4.78 is 5.08. The molecule has 1 aliphatic heterocycles. The monoisotopic (exact) mass is 190 g/mol. The Hall–Kier alpha value is -1.84. The van der Waals surface area contributed by atoms with Crippen molar-refractivity contribution >= 4 is 17.2 Å². The normalized spacial score (nSPS) is 16.6. The highest BCUT2D eigenvalue weighted by atomic mass is 16.5. The third kappa shape index (κ3) is 1.35. The number of hydrogen-bond acceptors (Lipinski definition) is 3. The van der Waals surface area contributed by atoms with Gasteiger partial charge in [-0.15, -0.1) is 0 Å². The maximum Gasteiger partial charge on any atom is 0.261 e. The molecule has 2 rings (SSSR count). The maximum absolute atomic E-state index is 11.4. The first-order chi connectivity index (χ1) is 6.83. The fraction of sp³-hybridized carbons (Fsp3) is 0.200. The summed E-state index contributed by atoms with van der Waals surface area (Å²) in [5, 5.41) is 2.71. The Kier molecular flexibility index (Phi) is 2.18. The molecule has 72 valence electrons. The molecule has 0 atom stereocenters. The van der Waals surface area contributed by atoms with Gasteiger partial charge in [-0.1, -0.05) is 0 Å². The minimum absolute atomic E-state index is 0.160. The number of pyridine rings is 1. The van der Waals surface area contributed by atoms with Crippen molar-refractivity contribution < 1.29 is 9.53 Å². The lowest BCUT2D eigenvalue weighted by Crippen LogP contribution is -2.04. The van der Waals surface area contributed by atoms with Crippen LogP contribution in [0, 0.1) is 0 Å². The molecule has 4 heteroatoms. The number of fused-ring (bicyclic) bond motifs is 1. The van der Waals surface area contributed by atoms with Crippen LogP contribution in [-0.2, 0) is 9.53 Å². The van der Waals surface area contributed by atoms with E-state index < -0.39 is 0 Å². The number of hydrogen-bond donors (Lipinski definition) is 1. The fourth-order valence-corrected chi connectivity index (χ4v) is 1.29. The molecular formula is C10H10N2O2. The molecule has 4 nitrogen and oxygen atoms in total. The maximum atomic E-state index is 11.4. The number of ether oxygens (including phenoxy) is 1. The van der Waals surface area contributed by atoms with Gasteiger partial charge < -0.3 is 10.1 Å². The van der Waals surface area contributed by atoms with E-state index >= 15 is 0 Å². The van der Waals surface area contributed by atoms with E-state index in [-0.39, 0.29) is 5.91 Å². The Labute approximate surface area is 81.6 Å². The highest BCUT2D eigenvalue weighted by Gasteiger charge is 2.25. The van der Waals surface area contributed by atoms with E-state index in [4.69, 9.17) is 4.74 Å². The Bertz CT molecular complexity index is 399. The Morgan fingerprint density at radius 1 is 1.64 bits per heavy atom. The smallest absolute Gasteiger partial charge is 0.261 e. The van der Waals surface area contributed by atoms with Crippen LogP contribution in [0.5, 0.6) is 0 Å². The minimum atomic E-state index is -0.160. The zero-order valence-corrected chi connectivity index (χ0v) is 7.78. The first-order valence-corrected chi connectivity index (χ1v) is 4.41. The summed E-state index contributed by atoms with van der Waals surface area (Å²) >= 11 is 0. The van der Waals surface area contributed by atoms with E-state index in [1.807, 2.05) is 13.0 Å². The van der Waals surface area contributed by atoms with Crippen molar-refractivity contribution in [3.8, 4) is 0 Å². The van der Waals surface area contributed by atoms with E-state index in [1.165, 1.54) is 6.26 Å². The van der Waals surface area contributed by atoms with Crippen molar-refractivity contribution in [3.63, 3.8) is 0 Å². The van der Waals surface area contributed by atoms with Gasteiger partial charge in [-0.3, -0.25) is 9.78 Å². The molecule has 0 bridgehead atoms. The van der Waals surface area contributed by atoms with Gasteiger partial charge in [0.25, 0.3) is 5.91 Å². The van der Waals surface area contributed by atoms with Crippen molar-refractivity contribution in [1.82, 2.24) is 4.98 Å². The van der Waals surface area contributed by atoms with Gasteiger partial charge in [-0.25, -0.2) is 0 Å². The molecule has 0 unspecified atom stereocenters. The molecule has 0 fully saturated rings. The molecule has 1 N–H and O–H groups in total. The predicted octanol–water partition coefficient (Wildman–Crippen LogP) is 1.41. The van der Waals surface area contributed by atoms with Crippen molar-refractivity contribution in [1.29, 1.82) is 0 Å². The summed E-state index contributed by atoms with van der Waals surface area (Å²) in [5.41, 5.74) is 1.89. The highest BCUT2D eigenvalue weighted by molar-refractivity contribution is 6.30. The number of carbonyl (C=O) groups is 1. The lowest BCUT2D eigenvalue weighted by Gasteiger charge is -1.96. The third-order valence-electron chi connectivity index (χ3n) is 1.92. The number of carbonyl (C=O) groups excluding carboxylic acids is 1. The van der Waals surface area contributed by atoms with Crippen LogP contribution in [0.2, 0.25) is 0 Å². The van der Waals surface area contributed by atoms with Crippen LogP contribution >= 0.6 is 0 Å². The van der Waals surface area contributed by atoms with Crippen LogP contribution in [0.4, 0.5) is 5.69 Å². The quantitative estimate of drug-likeness (QED) is 0.566. The molecule has 0 spiro atoms. The van der Waals surface area contributed by atoms with E-state index in [0.29, 0.717) is 17.9 Å². The summed E-state index contributed by atoms with van der Waals surface area (Å²) in [4.78, 5) is 15.6. The average molecular weight is 190 g/mol. The summed E-state index contributed by atoms with van der Waals surface area (Å²) in [6, 6.07) is 3.59. The van der Waals surface area contributed by atoms with Gasteiger partial charge in [0.2, 0.25) is 0 Å². The van der Waals surface area contributed by atoms with Gasteiger partial charge in [-0.2, -0.15) is 0 Å². The van der Waals surface area contributed by atoms with Crippen molar-refractivity contribution in [2.24, 2.45) is 0 Å². The Morgan fingerprint density at radius 2 is 2.50 bits per heavy atom. The number of amides is 1. The van der Waals surface area contributed by atoms with Crippen molar-refractivity contribution in [2.45, 2.75) is 6.92 Å². The lowest BCUT2D eigenvalue weighted by molar-refractivity contribution is -0.110. The van der Waals surface area contributed by atoms with Crippen LogP contribution in [0.15, 0.2) is 24.6 Å². The Morgan fingerprint density at radius 3 is 3.29 bits per heavy atom. The second-order valence-corrected chi connectivity index (χ2v) is 2.84. The summed E-state index contributed by atoms with van der Waals surface area (Å²) in [6.07, 6.45) is 3.10. The second kappa shape index (κ2) is 3.49. The van der Waals surface area contributed by atoms with Gasteiger partial charge >= 0.3 is 0 Å². The van der Waals surface area contributed by atoms with Crippen LogP contribution in [-0.4, -0.2) is 17.5 Å². The summed E-state index contributed by atoms with van der Waals surface area (Å²) in [6.45, 7) is 2.40. The van der Waals surface area contributed by atoms with Crippen molar-refractivity contribution in [2.75, 3.05) is 11.9 Å². The average Bonchev–Trinajstić information content (AvgIpc) is 2.51. The highest BCUT2D eigenvalue weighted by Crippen LogP contribution is 2.28. The SMILES string of the molecule is CCOC=C1C(=O)Nc2cccnc21. The molecular weight excluding hydrogens is 180 g/mol. The molecule has 14 heavy (non-hydrogen) atoms. The lowest BCUT2D eigenvalue weighted by atomic mass is 10.2. The van der Waals surface area contributed by atoms with Crippen LogP contribution < -0.4 is 5.32 Å². The molecule has 1 amide bonds. The first-order valence-electron chi connectivity index (χ1n) is 4.41. The molecule has 0 saturated heterocycles. The van der Waals surface area contributed by atoms with E-state index in [1.54, 1.807) is 12.3 Å². The number of nitrogens with zero attached hydrogens (tertiary/aromatic N) is 1.